The van der Waals surface area contributed by atoms with E-state index < -0.39 is 6.10 Å². The molecule has 0 amide bonds. The largest absolute Gasteiger partial charge is 0.390 e. The average molecular weight is 415 g/mol. The van der Waals surface area contributed by atoms with E-state index in [2.05, 4.69) is 15.5 Å². The highest BCUT2D eigenvalue weighted by Crippen LogP contribution is 2.29. The zero-order valence-electron chi connectivity index (χ0n) is 16.3. The van der Waals surface area contributed by atoms with E-state index in [0.717, 1.165) is 28.2 Å². The van der Waals surface area contributed by atoms with Crippen molar-refractivity contribution in [2.24, 2.45) is 0 Å². The van der Waals surface area contributed by atoms with Crippen molar-refractivity contribution in [2.45, 2.75) is 11.3 Å². The lowest BCUT2D eigenvalue weighted by molar-refractivity contribution is 0.213. The van der Waals surface area contributed by atoms with Crippen molar-refractivity contribution in [3.8, 4) is 22.5 Å². The van der Waals surface area contributed by atoms with Crippen LogP contribution in [0, 0.1) is 0 Å². The van der Waals surface area contributed by atoms with Crippen LogP contribution in [0.2, 0.25) is 0 Å². The fraction of sp³-hybridized carbons (Fsp3) is 0.125. The molecule has 4 rings (SSSR count). The van der Waals surface area contributed by atoms with Gasteiger partial charge in [0.25, 0.3) is 0 Å². The van der Waals surface area contributed by atoms with Crippen molar-refractivity contribution in [1.29, 1.82) is 0 Å². The summed E-state index contributed by atoms with van der Waals surface area (Å²) >= 11 is 1.40. The first-order chi connectivity index (χ1) is 14.8. The van der Waals surface area contributed by atoms with Crippen LogP contribution in [0.5, 0.6) is 0 Å². The van der Waals surface area contributed by atoms with Crippen molar-refractivity contribution in [2.75, 3.05) is 17.6 Å². The van der Waals surface area contributed by atoms with Gasteiger partial charge < -0.3 is 10.4 Å². The summed E-state index contributed by atoms with van der Waals surface area (Å²) < 4.78 is 0. The summed E-state index contributed by atoms with van der Waals surface area (Å²) in [5.74, 6) is 0.473. The standard InChI is InChI=1S/C24H22N4OS/c29-21(16-25-20-14-8-3-9-15-20)17-30-24-26-22(18-10-4-1-5-11-18)23(27-28-24)19-12-6-2-7-13-19/h1-15,21,25,29H,16-17H2. The van der Waals surface area contributed by atoms with E-state index in [0.29, 0.717) is 17.5 Å². The Balaban J connectivity index is 1.49. The molecule has 0 saturated carbocycles. The number of nitrogens with zero attached hydrogens (tertiary/aromatic N) is 3. The summed E-state index contributed by atoms with van der Waals surface area (Å²) in [5, 5.41) is 22.9. The number of aliphatic hydroxyl groups excluding tert-OH is 1. The highest BCUT2D eigenvalue weighted by Gasteiger charge is 2.14. The summed E-state index contributed by atoms with van der Waals surface area (Å²) in [4.78, 5) is 4.77. The minimum Gasteiger partial charge on any atom is -0.390 e. The molecule has 3 aromatic carbocycles. The first-order valence-corrected chi connectivity index (χ1v) is 10.7. The Morgan fingerprint density at radius 3 is 1.93 bits per heavy atom. The molecule has 1 unspecified atom stereocenters. The fourth-order valence-electron chi connectivity index (χ4n) is 2.98. The van der Waals surface area contributed by atoms with Crippen LogP contribution in [0.4, 0.5) is 5.69 Å². The van der Waals surface area contributed by atoms with Crippen LogP contribution in [0.1, 0.15) is 0 Å². The second-order valence-electron chi connectivity index (χ2n) is 6.74. The minimum atomic E-state index is -0.534. The van der Waals surface area contributed by atoms with E-state index in [1.165, 1.54) is 11.8 Å². The molecule has 0 aliphatic rings. The molecule has 2 N–H and O–H groups in total. The third-order valence-corrected chi connectivity index (χ3v) is 5.46. The van der Waals surface area contributed by atoms with E-state index >= 15 is 0 Å². The highest BCUT2D eigenvalue weighted by atomic mass is 32.2. The number of para-hydroxylation sites is 1. The maximum atomic E-state index is 10.3. The van der Waals surface area contributed by atoms with Crippen LogP contribution in [0.15, 0.2) is 96.2 Å². The summed E-state index contributed by atoms with van der Waals surface area (Å²) in [5.41, 5.74) is 4.48. The Kier molecular flexibility index (Phi) is 6.69. The van der Waals surface area contributed by atoms with Crippen molar-refractivity contribution in [3.05, 3.63) is 91.0 Å². The van der Waals surface area contributed by atoms with Crippen molar-refractivity contribution >= 4 is 17.4 Å². The lowest BCUT2D eigenvalue weighted by atomic mass is 10.0. The predicted octanol–water partition coefficient (Wildman–Crippen LogP) is 4.77. The Morgan fingerprint density at radius 1 is 0.733 bits per heavy atom. The smallest absolute Gasteiger partial charge is 0.209 e. The Hall–Kier alpha value is -3.22. The summed E-state index contributed by atoms with van der Waals surface area (Å²) in [7, 11) is 0. The molecule has 0 fully saturated rings. The monoisotopic (exact) mass is 414 g/mol. The molecular weight excluding hydrogens is 392 g/mol. The molecule has 0 saturated heterocycles. The fourth-order valence-corrected chi connectivity index (χ4v) is 3.70. The van der Waals surface area contributed by atoms with E-state index in [1.54, 1.807) is 0 Å². The van der Waals surface area contributed by atoms with Crippen LogP contribution in [0.25, 0.3) is 22.5 Å². The van der Waals surface area contributed by atoms with Crippen LogP contribution >= 0.6 is 11.8 Å². The van der Waals surface area contributed by atoms with Crippen molar-refractivity contribution in [1.82, 2.24) is 15.2 Å². The lowest BCUT2D eigenvalue weighted by Gasteiger charge is -2.13. The number of rotatable bonds is 8. The number of aliphatic hydroxyl groups is 1. The molecular formula is C24H22N4OS. The number of anilines is 1. The summed E-state index contributed by atoms with van der Waals surface area (Å²) in [6.07, 6.45) is -0.534. The van der Waals surface area contributed by atoms with Gasteiger partial charge in [-0.1, -0.05) is 90.6 Å². The quantitative estimate of drug-likeness (QED) is 0.405. The van der Waals surface area contributed by atoms with Crippen LogP contribution in [-0.2, 0) is 0 Å². The van der Waals surface area contributed by atoms with Gasteiger partial charge in [0.15, 0.2) is 0 Å². The number of nitrogens with one attached hydrogen (secondary N) is 1. The molecule has 6 heteroatoms. The normalized spacial score (nSPS) is 11.8. The molecule has 1 aromatic heterocycles. The third kappa shape index (κ3) is 5.23. The van der Waals surface area contributed by atoms with Crippen molar-refractivity contribution in [3.63, 3.8) is 0 Å². The molecule has 5 nitrogen and oxygen atoms in total. The second kappa shape index (κ2) is 10.0. The third-order valence-electron chi connectivity index (χ3n) is 4.48. The van der Waals surface area contributed by atoms with E-state index in [9.17, 15) is 5.11 Å². The number of thioether (sulfide) groups is 1. The minimum absolute atomic E-state index is 0.456. The molecule has 0 aliphatic carbocycles. The Bertz CT molecular complexity index is 1060. The first kappa shape index (κ1) is 20.1. The molecule has 1 heterocycles. The molecule has 0 aliphatic heterocycles. The molecule has 150 valence electrons. The predicted molar refractivity (Wildman–Crippen MR) is 122 cm³/mol. The SMILES string of the molecule is OC(CNc1ccccc1)CSc1nnc(-c2ccccc2)c(-c2ccccc2)n1. The first-order valence-electron chi connectivity index (χ1n) is 9.75. The van der Waals surface area contributed by atoms with Gasteiger partial charge in [-0.3, -0.25) is 0 Å². The molecule has 0 bridgehead atoms. The van der Waals surface area contributed by atoms with Crippen LogP contribution in [-0.4, -0.2) is 38.7 Å². The van der Waals surface area contributed by atoms with Gasteiger partial charge in [0.1, 0.15) is 11.4 Å². The Morgan fingerprint density at radius 2 is 1.30 bits per heavy atom. The number of hydrogen-bond acceptors (Lipinski definition) is 6. The summed E-state index contributed by atoms with van der Waals surface area (Å²) in [6, 6.07) is 29.7. The van der Waals surface area contributed by atoms with E-state index in [-0.39, 0.29) is 0 Å². The van der Waals surface area contributed by atoms with Crippen LogP contribution < -0.4 is 5.32 Å². The van der Waals surface area contributed by atoms with Gasteiger partial charge in [0.2, 0.25) is 5.16 Å². The molecule has 30 heavy (non-hydrogen) atoms. The van der Waals surface area contributed by atoms with Gasteiger partial charge in [0, 0.05) is 29.1 Å². The lowest BCUT2D eigenvalue weighted by Crippen LogP contribution is -2.22. The second-order valence-corrected chi connectivity index (χ2v) is 7.72. The maximum Gasteiger partial charge on any atom is 0.209 e. The zero-order chi connectivity index (χ0) is 20.6. The molecule has 4 aromatic rings. The van der Waals surface area contributed by atoms with E-state index in [1.807, 2.05) is 91.0 Å². The molecule has 0 radical (unpaired) electrons. The highest BCUT2D eigenvalue weighted by molar-refractivity contribution is 7.99. The average Bonchev–Trinajstić information content (AvgIpc) is 2.83. The number of aromatic nitrogens is 3. The van der Waals surface area contributed by atoms with Gasteiger partial charge in [-0.2, -0.15) is 0 Å². The topological polar surface area (TPSA) is 70.9 Å². The number of hydrogen-bond donors (Lipinski definition) is 2. The Labute approximate surface area is 180 Å². The van der Waals surface area contributed by atoms with E-state index in [4.69, 9.17) is 4.98 Å². The van der Waals surface area contributed by atoms with Gasteiger partial charge in [-0.25, -0.2) is 4.98 Å². The number of benzene rings is 3. The van der Waals surface area contributed by atoms with Crippen LogP contribution in [0.3, 0.4) is 0 Å². The maximum absolute atomic E-state index is 10.3. The van der Waals surface area contributed by atoms with Gasteiger partial charge >= 0.3 is 0 Å². The molecule has 0 spiro atoms. The van der Waals surface area contributed by atoms with Gasteiger partial charge in [-0.15, -0.1) is 10.2 Å². The van der Waals surface area contributed by atoms with Gasteiger partial charge in [-0.05, 0) is 12.1 Å². The van der Waals surface area contributed by atoms with Gasteiger partial charge in [0.05, 0.1) is 6.10 Å². The zero-order valence-corrected chi connectivity index (χ0v) is 17.2. The van der Waals surface area contributed by atoms with Crippen molar-refractivity contribution < 1.29 is 5.11 Å². The summed E-state index contributed by atoms with van der Waals surface area (Å²) in [6.45, 7) is 0.456. The molecule has 1 atom stereocenters.